The molecule has 3 nitrogen and oxygen atoms in total. The van der Waals surface area contributed by atoms with Crippen LogP contribution in [0.1, 0.15) is 24.8 Å². The van der Waals surface area contributed by atoms with Crippen molar-refractivity contribution in [3.63, 3.8) is 0 Å². The second-order valence-electron chi connectivity index (χ2n) is 4.76. The van der Waals surface area contributed by atoms with Crippen molar-refractivity contribution in [2.75, 3.05) is 19.8 Å². The van der Waals surface area contributed by atoms with Crippen molar-refractivity contribution in [2.24, 2.45) is 5.73 Å². The molecule has 1 aliphatic rings. The van der Waals surface area contributed by atoms with E-state index in [-0.39, 0.29) is 5.54 Å². The lowest BCUT2D eigenvalue weighted by atomic mass is 9.88. The van der Waals surface area contributed by atoms with E-state index in [1.165, 1.54) is 5.56 Å². The molecule has 0 atom stereocenters. The van der Waals surface area contributed by atoms with E-state index in [0.717, 1.165) is 39.1 Å². The van der Waals surface area contributed by atoms with Gasteiger partial charge in [-0.1, -0.05) is 30.3 Å². The maximum atomic E-state index is 6.28. The fraction of sp³-hybridized carbons (Fsp3) is 0.571. The van der Waals surface area contributed by atoms with Gasteiger partial charge in [-0.05, 0) is 24.8 Å². The molecule has 1 aromatic rings. The van der Waals surface area contributed by atoms with Gasteiger partial charge in [-0.2, -0.15) is 0 Å². The number of hydrogen-bond donors (Lipinski definition) is 1. The number of rotatable bonds is 5. The third-order valence-corrected chi connectivity index (χ3v) is 3.34. The minimum absolute atomic E-state index is 0.0745. The number of benzene rings is 1. The monoisotopic (exact) mass is 235 g/mol. The Balaban J connectivity index is 1.66. The first-order valence-electron chi connectivity index (χ1n) is 6.27. The molecule has 1 fully saturated rings. The van der Waals surface area contributed by atoms with Crippen LogP contribution in [0.3, 0.4) is 0 Å². The Hall–Kier alpha value is -0.900. The fourth-order valence-corrected chi connectivity index (χ4v) is 2.07. The van der Waals surface area contributed by atoms with Crippen molar-refractivity contribution in [1.29, 1.82) is 0 Å². The molecule has 0 aromatic heterocycles. The van der Waals surface area contributed by atoms with E-state index in [4.69, 9.17) is 15.2 Å². The molecule has 0 aliphatic carbocycles. The molecule has 0 saturated carbocycles. The summed E-state index contributed by atoms with van der Waals surface area (Å²) in [6.45, 7) is 2.98. The Morgan fingerprint density at radius 3 is 2.59 bits per heavy atom. The van der Waals surface area contributed by atoms with Gasteiger partial charge in [0.2, 0.25) is 0 Å². The van der Waals surface area contributed by atoms with E-state index < -0.39 is 0 Å². The molecule has 3 heteroatoms. The first-order chi connectivity index (χ1) is 8.29. The summed E-state index contributed by atoms with van der Waals surface area (Å²) in [4.78, 5) is 0. The maximum Gasteiger partial charge on any atom is 0.0716 e. The fourth-order valence-electron chi connectivity index (χ4n) is 2.07. The molecule has 1 heterocycles. The van der Waals surface area contributed by atoms with Gasteiger partial charge in [0.15, 0.2) is 0 Å². The minimum atomic E-state index is -0.0745. The van der Waals surface area contributed by atoms with Crippen molar-refractivity contribution in [3.05, 3.63) is 35.9 Å². The summed E-state index contributed by atoms with van der Waals surface area (Å²) >= 11 is 0. The summed E-state index contributed by atoms with van der Waals surface area (Å²) < 4.78 is 11.0. The summed E-state index contributed by atoms with van der Waals surface area (Å²) in [5.74, 6) is 0. The Morgan fingerprint density at radius 2 is 1.88 bits per heavy atom. The zero-order chi connectivity index (χ0) is 12.0. The van der Waals surface area contributed by atoms with Gasteiger partial charge >= 0.3 is 0 Å². The lowest BCUT2D eigenvalue weighted by Crippen LogP contribution is -2.45. The molecule has 0 spiro atoms. The van der Waals surface area contributed by atoms with Crippen LogP contribution in [0.4, 0.5) is 0 Å². The Labute approximate surface area is 103 Å². The second kappa shape index (κ2) is 6.15. The van der Waals surface area contributed by atoms with E-state index in [1.54, 1.807) is 0 Å². The number of hydrogen-bond acceptors (Lipinski definition) is 3. The predicted molar refractivity (Wildman–Crippen MR) is 67.7 cm³/mol. The highest BCUT2D eigenvalue weighted by Gasteiger charge is 2.27. The van der Waals surface area contributed by atoms with Gasteiger partial charge in [0, 0.05) is 25.4 Å². The van der Waals surface area contributed by atoms with Gasteiger partial charge in [0.1, 0.15) is 0 Å². The van der Waals surface area contributed by atoms with Crippen molar-refractivity contribution < 1.29 is 9.47 Å². The van der Waals surface area contributed by atoms with Crippen LogP contribution in [-0.4, -0.2) is 25.4 Å². The molecule has 0 unspecified atom stereocenters. The molecule has 94 valence electrons. The topological polar surface area (TPSA) is 44.5 Å². The molecule has 1 saturated heterocycles. The molecule has 0 radical (unpaired) electrons. The molecule has 1 aliphatic heterocycles. The van der Waals surface area contributed by atoms with Gasteiger partial charge < -0.3 is 15.2 Å². The molecule has 0 amide bonds. The quantitative estimate of drug-likeness (QED) is 0.795. The van der Waals surface area contributed by atoms with Gasteiger partial charge in [-0.25, -0.2) is 0 Å². The van der Waals surface area contributed by atoms with E-state index in [0.29, 0.717) is 6.61 Å². The average molecular weight is 235 g/mol. The summed E-state index contributed by atoms with van der Waals surface area (Å²) in [5.41, 5.74) is 7.42. The predicted octanol–water partition coefficient (Wildman–Crippen LogP) is 2.10. The Bertz CT molecular complexity index is 320. The lowest BCUT2D eigenvalue weighted by molar-refractivity contribution is 0.0311. The van der Waals surface area contributed by atoms with Crippen LogP contribution in [-0.2, 0) is 16.1 Å². The number of nitrogens with two attached hydrogens (primary N) is 1. The van der Waals surface area contributed by atoms with Crippen LogP contribution >= 0.6 is 0 Å². The Morgan fingerprint density at radius 1 is 1.18 bits per heavy atom. The van der Waals surface area contributed by atoms with Crippen molar-refractivity contribution in [1.82, 2.24) is 0 Å². The standard InChI is InChI=1S/C14H21NO2/c15-14(6-9-16-10-7-14)8-11-17-12-13-4-2-1-3-5-13/h1-5H,6-12,15H2. The van der Waals surface area contributed by atoms with Gasteiger partial charge in [-0.3, -0.25) is 0 Å². The van der Waals surface area contributed by atoms with E-state index in [9.17, 15) is 0 Å². The maximum absolute atomic E-state index is 6.28. The van der Waals surface area contributed by atoms with Crippen molar-refractivity contribution in [2.45, 2.75) is 31.4 Å². The summed E-state index contributed by atoms with van der Waals surface area (Å²) in [5, 5.41) is 0. The molecule has 2 rings (SSSR count). The Kier molecular flexibility index (Phi) is 4.54. The first-order valence-corrected chi connectivity index (χ1v) is 6.27. The number of ether oxygens (including phenoxy) is 2. The van der Waals surface area contributed by atoms with Crippen molar-refractivity contribution >= 4 is 0 Å². The molecule has 1 aromatic carbocycles. The zero-order valence-electron chi connectivity index (χ0n) is 10.2. The summed E-state index contributed by atoms with van der Waals surface area (Å²) in [7, 11) is 0. The smallest absolute Gasteiger partial charge is 0.0716 e. The summed E-state index contributed by atoms with van der Waals surface area (Å²) in [6.07, 6.45) is 2.81. The largest absolute Gasteiger partial charge is 0.381 e. The van der Waals surface area contributed by atoms with Gasteiger partial charge in [0.05, 0.1) is 6.61 Å². The van der Waals surface area contributed by atoms with Crippen LogP contribution in [0.5, 0.6) is 0 Å². The van der Waals surface area contributed by atoms with E-state index in [1.807, 2.05) is 18.2 Å². The molecule has 2 N–H and O–H groups in total. The van der Waals surface area contributed by atoms with Crippen LogP contribution in [0.25, 0.3) is 0 Å². The average Bonchev–Trinajstić information content (AvgIpc) is 2.37. The van der Waals surface area contributed by atoms with Crippen molar-refractivity contribution in [3.8, 4) is 0 Å². The highest BCUT2D eigenvalue weighted by molar-refractivity contribution is 5.13. The van der Waals surface area contributed by atoms with Crippen LogP contribution in [0, 0.1) is 0 Å². The SMILES string of the molecule is NC1(CCOCc2ccccc2)CCOCC1. The normalized spacial score (nSPS) is 19.1. The van der Waals surface area contributed by atoms with Crippen LogP contribution in [0.15, 0.2) is 30.3 Å². The third kappa shape index (κ3) is 4.11. The van der Waals surface area contributed by atoms with Crippen LogP contribution < -0.4 is 5.73 Å². The third-order valence-electron chi connectivity index (χ3n) is 3.34. The van der Waals surface area contributed by atoms with E-state index in [2.05, 4.69) is 12.1 Å². The van der Waals surface area contributed by atoms with Gasteiger partial charge in [0.25, 0.3) is 0 Å². The zero-order valence-corrected chi connectivity index (χ0v) is 10.2. The first kappa shape index (κ1) is 12.6. The highest BCUT2D eigenvalue weighted by atomic mass is 16.5. The molecular formula is C14H21NO2. The molecular weight excluding hydrogens is 214 g/mol. The van der Waals surface area contributed by atoms with Gasteiger partial charge in [-0.15, -0.1) is 0 Å². The second-order valence-corrected chi connectivity index (χ2v) is 4.76. The van der Waals surface area contributed by atoms with E-state index >= 15 is 0 Å². The summed E-state index contributed by atoms with van der Waals surface area (Å²) in [6, 6.07) is 10.2. The van der Waals surface area contributed by atoms with Crippen LogP contribution in [0.2, 0.25) is 0 Å². The lowest BCUT2D eigenvalue weighted by Gasteiger charge is -2.33. The molecule has 17 heavy (non-hydrogen) atoms. The minimum Gasteiger partial charge on any atom is -0.381 e. The highest BCUT2D eigenvalue weighted by Crippen LogP contribution is 2.21. The molecule has 0 bridgehead atoms.